The molecule has 0 saturated carbocycles. The number of ether oxygens (including phenoxy) is 4. The van der Waals surface area contributed by atoms with Gasteiger partial charge in [0.05, 0.1) is 26.4 Å². The van der Waals surface area contributed by atoms with E-state index in [4.69, 9.17) is 37.0 Å². The first kappa shape index (κ1) is 89.1. The number of unbranched alkanes of at least 4 members (excludes halogenated alkanes) is 43. The fourth-order valence-corrected chi connectivity index (χ4v) is 12.5. The van der Waals surface area contributed by atoms with E-state index in [1.165, 1.54) is 193 Å². The van der Waals surface area contributed by atoms with Gasteiger partial charge in [0, 0.05) is 25.7 Å². The number of phosphoric acid groups is 2. The second-order valence-corrected chi connectivity index (χ2v) is 29.1. The smallest absolute Gasteiger partial charge is 0.462 e. The molecule has 0 aromatic rings. The predicted molar refractivity (Wildman–Crippen MR) is 368 cm³/mol. The zero-order valence-electron chi connectivity index (χ0n) is 59.0. The van der Waals surface area contributed by atoms with Gasteiger partial charge < -0.3 is 33.8 Å². The zero-order chi connectivity index (χ0) is 67.0. The van der Waals surface area contributed by atoms with E-state index in [0.717, 1.165) is 102 Å². The van der Waals surface area contributed by atoms with Crippen molar-refractivity contribution in [2.75, 3.05) is 39.6 Å². The van der Waals surface area contributed by atoms with Gasteiger partial charge in [-0.15, -0.1) is 0 Å². The highest BCUT2D eigenvalue weighted by Crippen LogP contribution is 2.45. The maximum absolute atomic E-state index is 13.0. The number of aliphatic hydroxyl groups excluding tert-OH is 1. The first-order valence-corrected chi connectivity index (χ1v) is 40.7. The van der Waals surface area contributed by atoms with Crippen LogP contribution in [0.3, 0.4) is 0 Å². The third-order valence-corrected chi connectivity index (χ3v) is 19.0. The molecule has 0 fully saturated rings. The molecule has 91 heavy (non-hydrogen) atoms. The van der Waals surface area contributed by atoms with Crippen molar-refractivity contribution in [3.05, 3.63) is 0 Å². The van der Waals surface area contributed by atoms with Crippen molar-refractivity contribution in [3.8, 4) is 0 Å². The summed E-state index contributed by atoms with van der Waals surface area (Å²) < 4.78 is 68.1. The van der Waals surface area contributed by atoms with Crippen molar-refractivity contribution >= 4 is 39.5 Å². The molecule has 0 aromatic heterocycles. The highest BCUT2D eigenvalue weighted by Gasteiger charge is 2.30. The van der Waals surface area contributed by atoms with Gasteiger partial charge in [0.2, 0.25) is 0 Å². The predicted octanol–water partition coefficient (Wildman–Crippen LogP) is 20.9. The molecule has 540 valence electrons. The van der Waals surface area contributed by atoms with Crippen LogP contribution in [0.5, 0.6) is 0 Å². The molecule has 0 aliphatic heterocycles. The summed E-state index contributed by atoms with van der Waals surface area (Å²) >= 11 is 0. The molecule has 0 rings (SSSR count). The minimum atomic E-state index is -4.95. The molecule has 0 aromatic carbocycles. The molecular formula is C72H140O17P2. The lowest BCUT2D eigenvalue weighted by molar-refractivity contribution is -0.161. The Morgan fingerprint density at radius 1 is 0.308 bits per heavy atom. The molecule has 0 amide bonds. The molecule has 19 heteroatoms. The van der Waals surface area contributed by atoms with Gasteiger partial charge in [-0.2, -0.15) is 0 Å². The topological polar surface area (TPSA) is 237 Å². The molecule has 6 atom stereocenters. The zero-order valence-corrected chi connectivity index (χ0v) is 60.8. The van der Waals surface area contributed by atoms with Gasteiger partial charge in [-0.1, -0.05) is 324 Å². The van der Waals surface area contributed by atoms with Crippen LogP contribution in [-0.4, -0.2) is 96.7 Å². The number of esters is 4. The summed E-state index contributed by atoms with van der Waals surface area (Å²) in [6, 6.07) is 0. The number of hydrogen-bond donors (Lipinski definition) is 3. The van der Waals surface area contributed by atoms with E-state index in [0.29, 0.717) is 25.7 Å². The summed E-state index contributed by atoms with van der Waals surface area (Å²) in [5, 5.41) is 10.6. The average molecular weight is 1340 g/mol. The van der Waals surface area contributed by atoms with Gasteiger partial charge in [-0.3, -0.25) is 37.3 Å². The summed E-state index contributed by atoms with van der Waals surface area (Å²) in [6.45, 7) is 7.24. The Morgan fingerprint density at radius 2 is 0.527 bits per heavy atom. The molecular weight excluding hydrogens is 1200 g/mol. The van der Waals surface area contributed by atoms with E-state index < -0.39 is 97.5 Å². The molecule has 0 aliphatic rings. The highest BCUT2D eigenvalue weighted by atomic mass is 31.2. The second kappa shape index (κ2) is 65.4. The van der Waals surface area contributed by atoms with Gasteiger partial charge >= 0.3 is 39.5 Å². The van der Waals surface area contributed by atoms with E-state index in [1.807, 2.05) is 0 Å². The van der Waals surface area contributed by atoms with Gasteiger partial charge in [0.15, 0.2) is 12.2 Å². The minimum absolute atomic E-state index is 0.106. The van der Waals surface area contributed by atoms with Crippen LogP contribution >= 0.6 is 15.6 Å². The largest absolute Gasteiger partial charge is 0.472 e. The monoisotopic (exact) mass is 1340 g/mol. The molecule has 3 N–H and O–H groups in total. The van der Waals surface area contributed by atoms with Gasteiger partial charge in [0.25, 0.3) is 0 Å². The van der Waals surface area contributed by atoms with Crippen molar-refractivity contribution < 1.29 is 80.2 Å². The summed E-state index contributed by atoms with van der Waals surface area (Å²) in [4.78, 5) is 72.3. The van der Waals surface area contributed by atoms with Crippen LogP contribution in [-0.2, 0) is 65.4 Å². The van der Waals surface area contributed by atoms with E-state index in [1.54, 1.807) is 0 Å². The molecule has 0 heterocycles. The minimum Gasteiger partial charge on any atom is -0.462 e. The Morgan fingerprint density at radius 3 is 0.780 bits per heavy atom. The van der Waals surface area contributed by atoms with Gasteiger partial charge in [-0.25, -0.2) is 9.13 Å². The molecule has 17 nitrogen and oxygen atoms in total. The fourth-order valence-electron chi connectivity index (χ4n) is 11.0. The van der Waals surface area contributed by atoms with Gasteiger partial charge in [-0.05, 0) is 31.6 Å². The number of rotatable bonds is 72. The molecule has 0 spiro atoms. The normalized spacial score (nSPS) is 14.3. The van der Waals surface area contributed by atoms with E-state index >= 15 is 0 Å². The number of hydrogen-bond acceptors (Lipinski definition) is 15. The summed E-state index contributed by atoms with van der Waals surface area (Å²) in [5.74, 6) is -1.26. The van der Waals surface area contributed by atoms with E-state index in [-0.39, 0.29) is 25.7 Å². The van der Waals surface area contributed by atoms with Gasteiger partial charge in [0.1, 0.15) is 19.3 Å². The quantitative estimate of drug-likeness (QED) is 0.0222. The van der Waals surface area contributed by atoms with Crippen LogP contribution in [0.2, 0.25) is 0 Å². The molecule has 0 saturated heterocycles. The van der Waals surface area contributed by atoms with Crippen LogP contribution in [0, 0.1) is 5.92 Å². The Balaban J connectivity index is 5.09. The van der Waals surface area contributed by atoms with Crippen LogP contribution < -0.4 is 0 Å². The van der Waals surface area contributed by atoms with Crippen molar-refractivity contribution in [1.82, 2.24) is 0 Å². The molecule has 0 aliphatic carbocycles. The number of aliphatic hydroxyl groups is 1. The van der Waals surface area contributed by atoms with Crippen molar-refractivity contribution in [2.24, 2.45) is 5.92 Å². The Bertz CT molecular complexity index is 1760. The van der Waals surface area contributed by atoms with Crippen molar-refractivity contribution in [2.45, 2.75) is 393 Å². The van der Waals surface area contributed by atoms with E-state index in [9.17, 15) is 43.2 Å². The lowest BCUT2D eigenvalue weighted by Gasteiger charge is -2.21. The van der Waals surface area contributed by atoms with Crippen LogP contribution in [0.4, 0.5) is 0 Å². The third kappa shape index (κ3) is 65.1. The van der Waals surface area contributed by atoms with Crippen molar-refractivity contribution in [1.29, 1.82) is 0 Å². The Hall–Kier alpha value is -1.94. The Kier molecular flexibility index (Phi) is 64.0. The fraction of sp³-hybridized carbons (Fsp3) is 0.944. The first-order valence-electron chi connectivity index (χ1n) is 37.7. The summed E-state index contributed by atoms with van der Waals surface area (Å²) in [7, 11) is -9.89. The number of carbonyl (C=O) groups is 4. The van der Waals surface area contributed by atoms with Crippen molar-refractivity contribution in [3.63, 3.8) is 0 Å². The van der Waals surface area contributed by atoms with Crippen LogP contribution in [0.15, 0.2) is 0 Å². The molecule has 0 radical (unpaired) electrons. The second-order valence-electron chi connectivity index (χ2n) is 26.2. The standard InChI is InChI=1S/C72H140O17P2/c1-6-10-13-16-18-20-22-29-34-37-41-46-51-56-70(75)83-62-68(89-72(77)58-53-48-43-39-35-31-28-26-24-23-25-27-30-33-36-40-45-49-54-65(5)9-4)64-87-91(80,81)85-60-66(73)59-84-90(78,79)86-63-67(61-82-69(74)55-50-44-15-12-8-3)88-71(76)57-52-47-42-38-32-21-19-17-14-11-7-2/h65-68,73H,6-64H2,1-5H3,(H,78,79)(H,80,81)/t65?,66-,67+,68+/m0/s1. The van der Waals surface area contributed by atoms with E-state index in [2.05, 4.69) is 34.6 Å². The summed E-state index contributed by atoms with van der Waals surface area (Å²) in [6.07, 6.45) is 53.1. The van der Waals surface area contributed by atoms with Crippen LogP contribution in [0.25, 0.3) is 0 Å². The Labute approximate surface area is 556 Å². The lowest BCUT2D eigenvalue weighted by Crippen LogP contribution is -2.30. The highest BCUT2D eigenvalue weighted by molar-refractivity contribution is 7.47. The van der Waals surface area contributed by atoms with Crippen LogP contribution in [0.1, 0.15) is 375 Å². The maximum atomic E-state index is 13.0. The third-order valence-electron chi connectivity index (χ3n) is 17.1. The SMILES string of the molecule is CCCCCCCCCCCCCCCC(=O)OC[C@H](COP(=O)(O)OC[C@@H](O)COP(=O)(O)OC[C@@H](COC(=O)CCCCCCC)OC(=O)CCCCCCCCCCCCC)OC(=O)CCCCCCCCCCCCCCCCCCCCC(C)CC. The first-order chi connectivity index (χ1) is 44.1. The maximum Gasteiger partial charge on any atom is 0.472 e. The molecule has 0 bridgehead atoms. The summed E-state index contributed by atoms with van der Waals surface area (Å²) in [5.41, 5.74) is 0. The average Bonchev–Trinajstić information content (AvgIpc) is 3.71. The number of carbonyl (C=O) groups excluding carboxylic acids is 4. The molecule has 3 unspecified atom stereocenters. The number of phosphoric ester groups is 2. The lowest BCUT2D eigenvalue weighted by atomic mass is 9.99.